The van der Waals surface area contributed by atoms with Crippen molar-refractivity contribution in [2.75, 3.05) is 19.7 Å². The molecule has 2 rings (SSSR count). The van der Waals surface area contributed by atoms with E-state index in [1.807, 2.05) is 24.3 Å². The summed E-state index contributed by atoms with van der Waals surface area (Å²) in [4.78, 5) is 12.0. The average Bonchev–Trinajstić information content (AvgIpc) is 3.32. The molecule has 2 N–H and O–H groups in total. The second-order valence-electron chi connectivity index (χ2n) is 5.56. The van der Waals surface area contributed by atoms with E-state index >= 15 is 0 Å². The SMILES string of the molecule is CCCCOc1ccc(C(=O)NCCCNC2CC2)cc1. The standard InChI is InChI=1S/C17H26N2O2/c1-2-3-13-21-16-9-5-14(6-10-16)17(20)19-12-4-11-18-15-7-8-15/h5-6,9-10,15,18H,2-4,7-8,11-13H2,1H3,(H,19,20). The zero-order valence-corrected chi connectivity index (χ0v) is 12.9. The predicted octanol–water partition coefficient (Wildman–Crippen LogP) is 2.74. The fourth-order valence-corrected chi connectivity index (χ4v) is 2.02. The summed E-state index contributed by atoms with van der Waals surface area (Å²) >= 11 is 0. The summed E-state index contributed by atoms with van der Waals surface area (Å²) in [5.41, 5.74) is 0.688. The smallest absolute Gasteiger partial charge is 0.251 e. The van der Waals surface area contributed by atoms with Crippen molar-refractivity contribution in [3.05, 3.63) is 29.8 Å². The summed E-state index contributed by atoms with van der Waals surface area (Å²) in [7, 11) is 0. The lowest BCUT2D eigenvalue weighted by Crippen LogP contribution is -2.27. The second-order valence-corrected chi connectivity index (χ2v) is 5.56. The molecule has 0 saturated heterocycles. The van der Waals surface area contributed by atoms with Crippen LogP contribution in [0.5, 0.6) is 5.75 Å². The summed E-state index contributed by atoms with van der Waals surface area (Å²) < 4.78 is 5.58. The number of carbonyl (C=O) groups excluding carboxylic acids is 1. The number of hydrogen-bond acceptors (Lipinski definition) is 3. The summed E-state index contributed by atoms with van der Waals surface area (Å²) in [6.07, 6.45) is 5.76. The van der Waals surface area contributed by atoms with Gasteiger partial charge in [-0.05, 0) is 56.5 Å². The molecule has 0 spiro atoms. The van der Waals surface area contributed by atoms with Gasteiger partial charge in [0.15, 0.2) is 0 Å². The number of carbonyl (C=O) groups is 1. The van der Waals surface area contributed by atoms with E-state index < -0.39 is 0 Å². The Labute approximate surface area is 127 Å². The summed E-state index contributed by atoms with van der Waals surface area (Å²) in [6, 6.07) is 8.09. The number of nitrogens with one attached hydrogen (secondary N) is 2. The molecule has 0 atom stereocenters. The van der Waals surface area contributed by atoms with Gasteiger partial charge in [0.05, 0.1) is 6.61 Å². The molecule has 1 aliphatic rings. The highest BCUT2D eigenvalue weighted by molar-refractivity contribution is 5.94. The molecule has 0 aromatic heterocycles. The van der Waals surface area contributed by atoms with E-state index in [4.69, 9.17) is 4.74 Å². The first-order valence-corrected chi connectivity index (χ1v) is 8.04. The number of amides is 1. The number of benzene rings is 1. The van der Waals surface area contributed by atoms with E-state index in [1.54, 1.807) is 0 Å². The predicted molar refractivity (Wildman–Crippen MR) is 84.8 cm³/mol. The number of hydrogen-bond donors (Lipinski definition) is 2. The lowest BCUT2D eigenvalue weighted by atomic mass is 10.2. The van der Waals surface area contributed by atoms with Crippen LogP contribution >= 0.6 is 0 Å². The Balaban J connectivity index is 1.63. The van der Waals surface area contributed by atoms with E-state index in [-0.39, 0.29) is 5.91 Å². The van der Waals surface area contributed by atoms with E-state index in [0.717, 1.165) is 44.2 Å². The van der Waals surface area contributed by atoms with Crippen LogP contribution in [-0.2, 0) is 0 Å². The molecule has 0 unspecified atom stereocenters. The van der Waals surface area contributed by atoms with Crippen molar-refractivity contribution < 1.29 is 9.53 Å². The van der Waals surface area contributed by atoms with Crippen LogP contribution in [0.2, 0.25) is 0 Å². The van der Waals surface area contributed by atoms with Gasteiger partial charge in [0.25, 0.3) is 5.91 Å². The summed E-state index contributed by atoms with van der Waals surface area (Å²) in [5, 5.41) is 6.38. The van der Waals surface area contributed by atoms with E-state index in [1.165, 1.54) is 12.8 Å². The van der Waals surface area contributed by atoms with Gasteiger partial charge in [-0.2, -0.15) is 0 Å². The lowest BCUT2D eigenvalue weighted by molar-refractivity contribution is 0.0953. The lowest BCUT2D eigenvalue weighted by Gasteiger charge is -2.08. The summed E-state index contributed by atoms with van der Waals surface area (Å²) in [5.74, 6) is 0.815. The Morgan fingerprint density at radius 3 is 2.62 bits per heavy atom. The second kappa shape index (κ2) is 8.67. The maximum absolute atomic E-state index is 12.0. The minimum atomic E-state index is -0.0125. The van der Waals surface area contributed by atoms with Gasteiger partial charge in [-0.25, -0.2) is 0 Å². The van der Waals surface area contributed by atoms with Gasteiger partial charge in [-0.3, -0.25) is 4.79 Å². The van der Waals surface area contributed by atoms with Crippen LogP contribution < -0.4 is 15.4 Å². The fourth-order valence-electron chi connectivity index (χ4n) is 2.02. The molecular weight excluding hydrogens is 264 g/mol. The highest BCUT2D eigenvalue weighted by Crippen LogP contribution is 2.18. The molecule has 4 heteroatoms. The zero-order valence-electron chi connectivity index (χ0n) is 12.9. The Bertz CT molecular complexity index is 427. The number of ether oxygens (including phenoxy) is 1. The molecule has 1 saturated carbocycles. The molecule has 1 aliphatic carbocycles. The molecule has 1 aromatic rings. The molecule has 1 fully saturated rings. The molecule has 21 heavy (non-hydrogen) atoms. The number of unbranched alkanes of at least 4 members (excludes halogenated alkanes) is 1. The van der Waals surface area contributed by atoms with Crippen molar-refractivity contribution >= 4 is 5.91 Å². The minimum Gasteiger partial charge on any atom is -0.494 e. The van der Waals surface area contributed by atoms with Gasteiger partial charge >= 0.3 is 0 Å². The largest absolute Gasteiger partial charge is 0.494 e. The molecule has 1 amide bonds. The topological polar surface area (TPSA) is 50.4 Å². The third-order valence-electron chi connectivity index (χ3n) is 3.53. The normalized spacial score (nSPS) is 14.0. The molecule has 0 heterocycles. The molecular formula is C17H26N2O2. The average molecular weight is 290 g/mol. The minimum absolute atomic E-state index is 0.0125. The first-order valence-electron chi connectivity index (χ1n) is 8.04. The Morgan fingerprint density at radius 2 is 1.95 bits per heavy atom. The van der Waals surface area contributed by atoms with Crippen molar-refractivity contribution in [3.8, 4) is 5.75 Å². The van der Waals surface area contributed by atoms with Gasteiger partial charge in [-0.1, -0.05) is 13.3 Å². The van der Waals surface area contributed by atoms with E-state index in [0.29, 0.717) is 12.1 Å². The van der Waals surface area contributed by atoms with Crippen molar-refractivity contribution in [2.24, 2.45) is 0 Å². The maximum Gasteiger partial charge on any atom is 0.251 e. The molecule has 0 radical (unpaired) electrons. The Morgan fingerprint density at radius 1 is 1.19 bits per heavy atom. The van der Waals surface area contributed by atoms with E-state index in [2.05, 4.69) is 17.6 Å². The molecule has 0 aliphatic heterocycles. The quantitative estimate of drug-likeness (QED) is 0.651. The van der Waals surface area contributed by atoms with Gasteiger partial charge in [-0.15, -0.1) is 0 Å². The molecule has 4 nitrogen and oxygen atoms in total. The van der Waals surface area contributed by atoms with Gasteiger partial charge < -0.3 is 15.4 Å². The van der Waals surface area contributed by atoms with Crippen LogP contribution in [0.15, 0.2) is 24.3 Å². The monoisotopic (exact) mass is 290 g/mol. The first kappa shape index (κ1) is 15.8. The van der Waals surface area contributed by atoms with Crippen molar-refractivity contribution in [3.63, 3.8) is 0 Å². The zero-order chi connectivity index (χ0) is 14.9. The van der Waals surface area contributed by atoms with E-state index in [9.17, 15) is 4.79 Å². The van der Waals surface area contributed by atoms with Crippen LogP contribution in [0.25, 0.3) is 0 Å². The van der Waals surface area contributed by atoms with Crippen LogP contribution in [0.3, 0.4) is 0 Å². The highest BCUT2D eigenvalue weighted by Gasteiger charge is 2.19. The highest BCUT2D eigenvalue weighted by atomic mass is 16.5. The molecule has 0 bridgehead atoms. The van der Waals surface area contributed by atoms with Crippen LogP contribution in [0.4, 0.5) is 0 Å². The summed E-state index contributed by atoms with van der Waals surface area (Å²) in [6.45, 7) is 4.56. The number of rotatable bonds is 10. The maximum atomic E-state index is 12.0. The van der Waals surface area contributed by atoms with Crippen LogP contribution in [-0.4, -0.2) is 31.6 Å². The third-order valence-corrected chi connectivity index (χ3v) is 3.53. The van der Waals surface area contributed by atoms with Crippen LogP contribution in [0.1, 0.15) is 49.4 Å². The van der Waals surface area contributed by atoms with Gasteiger partial charge in [0.1, 0.15) is 5.75 Å². The fraction of sp³-hybridized carbons (Fsp3) is 0.588. The first-order chi connectivity index (χ1) is 10.3. The van der Waals surface area contributed by atoms with Crippen molar-refractivity contribution in [2.45, 2.75) is 45.1 Å². The third kappa shape index (κ3) is 6.17. The van der Waals surface area contributed by atoms with Crippen molar-refractivity contribution in [1.29, 1.82) is 0 Å². The van der Waals surface area contributed by atoms with Gasteiger partial charge in [0, 0.05) is 18.2 Å². The van der Waals surface area contributed by atoms with Crippen LogP contribution in [0, 0.1) is 0 Å². The van der Waals surface area contributed by atoms with Gasteiger partial charge in [0.2, 0.25) is 0 Å². The molecule has 1 aromatic carbocycles. The molecule has 116 valence electrons. The Hall–Kier alpha value is -1.55. The van der Waals surface area contributed by atoms with Crippen molar-refractivity contribution in [1.82, 2.24) is 10.6 Å². The Kier molecular flexibility index (Phi) is 6.54.